The Bertz CT molecular complexity index is 571. The second-order valence-corrected chi connectivity index (χ2v) is 13.2. The summed E-state index contributed by atoms with van der Waals surface area (Å²) in [6.07, 6.45) is 1.53. The van der Waals surface area contributed by atoms with Gasteiger partial charge in [0.15, 0.2) is 0 Å². The Kier molecular flexibility index (Phi) is 7.20. The molecule has 0 spiro atoms. The number of benzene rings is 1. The van der Waals surface area contributed by atoms with Crippen molar-refractivity contribution in [2.45, 2.75) is 20.8 Å². The first-order valence-corrected chi connectivity index (χ1v) is 13.4. The quantitative estimate of drug-likeness (QED) is 0.395. The molecule has 0 aliphatic heterocycles. The Hall–Kier alpha value is -1.91. The molecule has 0 aliphatic rings. The topological polar surface area (TPSA) is 88.1 Å². The SMILES string of the molecule is C=CCOc1cccc[c]1[Pb]([O]C(C)=O)([O]C(C)=O)[O]C(C)=O. The van der Waals surface area contributed by atoms with Crippen molar-refractivity contribution in [1.82, 2.24) is 0 Å². The zero-order chi connectivity index (χ0) is 17.5. The van der Waals surface area contributed by atoms with E-state index in [9.17, 15) is 14.4 Å². The first kappa shape index (κ1) is 19.1. The third-order valence-electron chi connectivity index (χ3n) is 2.41. The van der Waals surface area contributed by atoms with Crippen LogP contribution in [0.3, 0.4) is 0 Å². The minimum absolute atomic E-state index is 0.182. The van der Waals surface area contributed by atoms with Crippen LogP contribution in [0.1, 0.15) is 20.8 Å². The van der Waals surface area contributed by atoms with Crippen molar-refractivity contribution < 1.29 is 27.2 Å². The van der Waals surface area contributed by atoms with Crippen molar-refractivity contribution in [3.8, 4) is 5.75 Å². The van der Waals surface area contributed by atoms with Gasteiger partial charge in [0.2, 0.25) is 0 Å². The standard InChI is InChI=1S/C9H9O.3C2H4O2.Pb/c1-2-8-10-9-6-4-3-5-7-9;3*1-2(3)4;/h2-6H,1,8H2;3*1H3,(H,3,4);/q;;;;+3/p-3. The number of carbonyl (C=O) groups excluding carboxylic acids is 3. The minimum atomic E-state index is -5.25. The molecule has 0 saturated heterocycles. The van der Waals surface area contributed by atoms with Gasteiger partial charge in [0, 0.05) is 0 Å². The maximum absolute atomic E-state index is 11.5. The molecule has 0 aromatic heterocycles. The zero-order valence-electron chi connectivity index (χ0n) is 13.2. The third kappa shape index (κ3) is 5.66. The summed E-state index contributed by atoms with van der Waals surface area (Å²) in [5.74, 6) is -1.84. The number of hydrogen-bond donors (Lipinski definition) is 0. The number of hydrogen-bond acceptors (Lipinski definition) is 7. The van der Waals surface area contributed by atoms with Crippen LogP contribution < -0.4 is 7.86 Å². The fourth-order valence-corrected chi connectivity index (χ4v) is 10.9. The van der Waals surface area contributed by atoms with E-state index >= 15 is 0 Å². The van der Waals surface area contributed by atoms with E-state index < -0.39 is 40.4 Å². The van der Waals surface area contributed by atoms with Crippen molar-refractivity contribution in [2.75, 3.05) is 6.61 Å². The summed E-state index contributed by atoms with van der Waals surface area (Å²) < 4.78 is 21.6. The number of carbonyl (C=O) groups is 3. The first-order valence-electron chi connectivity index (χ1n) is 6.72. The summed E-state index contributed by atoms with van der Waals surface area (Å²) >= 11 is -5.25. The molecule has 1 rings (SSSR count). The van der Waals surface area contributed by atoms with Gasteiger partial charge in [-0.3, -0.25) is 0 Å². The van der Waals surface area contributed by atoms with E-state index in [4.69, 9.17) is 12.8 Å². The summed E-state index contributed by atoms with van der Waals surface area (Å²) in [6.45, 7) is 7.17. The molecule has 0 bridgehead atoms. The van der Waals surface area contributed by atoms with Crippen LogP contribution in [0.2, 0.25) is 0 Å². The van der Waals surface area contributed by atoms with Crippen LogP contribution in [0.25, 0.3) is 0 Å². The average Bonchev–Trinajstić information content (AvgIpc) is 2.43. The van der Waals surface area contributed by atoms with Crippen LogP contribution in [-0.2, 0) is 22.4 Å². The molecule has 124 valence electrons. The Labute approximate surface area is 140 Å². The van der Waals surface area contributed by atoms with E-state index in [1.165, 1.54) is 6.08 Å². The van der Waals surface area contributed by atoms with E-state index in [0.29, 0.717) is 5.75 Å². The summed E-state index contributed by atoms with van der Waals surface area (Å²) in [6, 6.07) is 6.48. The molecule has 0 radical (unpaired) electrons. The third-order valence-corrected chi connectivity index (χ3v) is 13.1. The van der Waals surface area contributed by atoms with Gasteiger partial charge in [-0.25, -0.2) is 0 Å². The second kappa shape index (κ2) is 8.65. The van der Waals surface area contributed by atoms with Crippen LogP contribution >= 0.6 is 0 Å². The summed E-state index contributed by atoms with van der Waals surface area (Å²) in [5, 5.41) is 0. The number of ether oxygens (including phenoxy) is 1. The van der Waals surface area contributed by atoms with Gasteiger partial charge >= 0.3 is 141 Å². The summed E-state index contributed by atoms with van der Waals surface area (Å²) in [4.78, 5) is 34.5. The summed E-state index contributed by atoms with van der Waals surface area (Å²) in [5.41, 5.74) is 0. The Morgan fingerprint density at radius 2 is 1.48 bits per heavy atom. The van der Waals surface area contributed by atoms with Crippen molar-refractivity contribution in [3.05, 3.63) is 36.9 Å². The molecule has 0 saturated carbocycles. The van der Waals surface area contributed by atoms with Crippen molar-refractivity contribution >= 4 is 43.6 Å². The van der Waals surface area contributed by atoms with Crippen molar-refractivity contribution in [3.63, 3.8) is 0 Å². The van der Waals surface area contributed by atoms with Gasteiger partial charge in [0.1, 0.15) is 0 Å². The molecule has 0 N–H and O–H groups in total. The molecular formula is C15H18O7Pb. The second-order valence-electron chi connectivity index (χ2n) is 4.43. The van der Waals surface area contributed by atoms with Crippen molar-refractivity contribution in [2.24, 2.45) is 0 Å². The molecule has 0 atom stereocenters. The molecule has 0 fully saturated rings. The van der Waals surface area contributed by atoms with Crippen molar-refractivity contribution in [1.29, 1.82) is 0 Å². The van der Waals surface area contributed by atoms with E-state index in [-0.39, 0.29) is 9.73 Å². The van der Waals surface area contributed by atoms with Gasteiger partial charge in [0.25, 0.3) is 0 Å². The normalized spacial score (nSPS) is 10.4. The molecule has 1 aromatic carbocycles. The maximum atomic E-state index is 11.5. The van der Waals surface area contributed by atoms with Gasteiger partial charge in [-0.05, 0) is 0 Å². The van der Waals surface area contributed by atoms with E-state index in [2.05, 4.69) is 6.58 Å². The Morgan fingerprint density at radius 1 is 1.00 bits per heavy atom. The molecule has 0 aliphatic carbocycles. The van der Waals surface area contributed by atoms with Gasteiger partial charge in [-0.15, -0.1) is 0 Å². The molecular weight excluding hydrogens is 499 g/mol. The molecule has 8 heteroatoms. The Balaban J connectivity index is 3.46. The monoisotopic (exact) mass is 518 g/mol. The van der Waals surface area contributed by atoms with Gasteiger partial charge < -0.3 is 0 Å². The average molecular weight is 518 g/mol. The molecule has 7 nitrogen and oxygen atoms in total. The van der Waals surface area contributed by atoms with Crippen LogP contribution in [0.4, 0.5) is 0 Å². The van der Waals surface area contributed by atoms with Crippen LogP contribution in [0, 0.1) is 0 Å². The predicted octanol–water partition coefficient (Wildman–Crippen LogP) is 1.09. The van der Waals surface area contributed by atoms with Gasteiger partial charge in [-0.1, -0.05) is 0 Å². The number of para-hydroxylation sites is 1. The predicted molar refractivity (Wildman–Crippen MR) is 82.8 cm³/mol. The Morgan fingerprint density at radius 3 is 1.91 bits per heavy atom. The fourth-order valence-electron chi connectivity index (χ4n) is 1.79. The van der Waals surface area contributed by atoms with E-state index in [0.717, 1.165) is 20.8 Å². The number of rotatable bonds is 7. The summed E-state index contributed by atoms with van der Waals surface area (Å²) in [7, 11) is 0. The zero-order valence-corrected chi connectivity index (χ0v) is 17.0. The molecule has 0 heterocycles. The molecule has 1 aromatic rings. The fraction of sp³-hybridized carbons (Fsp3) is 0.267. The van der Waals surface area contributed by atoms with Crippen LogP contribution in [-0.4, -0.2) is 47.0 Å². The van der Waals surface area contributed by atoms with E-state index in [1.807, 2.05) is 0 Å². The molecule has 0 amide bonds. The molecule has 0 unspecified atom stereocenters. The van der Waals surface area contributed by atoms with Gasteiger partial charge in [0.05, 0.1) is 0 Å². The van der Waals surface area contributed by atoms with Crippen LogP contribution in [0.5, 0.6) is 5.75 Å². The molecule has 23 heavy (non-hydrogen) atoms. The van der Waals surface area contributed by atoms with Crippen LogP contribution in [0.15, 0.2) is 36.9 Å². The van der Waals surface area contributed by atoms with Gasteiger partial charge in [-0.2, -0.15) is 0 Å². The van der Waals surface area contributed by atoms with E-state index in [1.54, 1.807) is 24.3 Å². The first-order chi connectivity index (χ1) is 10.8.